The summed E-state index contributed by atoms with van der Waals surface area (Å²) in [7, 11) is 0. The van der Waals surface area contributed by atoms with Gasteiger partial charge in [0.25, 0.3) is 0 Å². The van der Waals surface area contributed by atoms with E-state index in [1.165, 1.54) is 48.4 Å². The second-order valence-corrected chi connectivity index (χ2v) is 5.37. The van der Waals surface area contributed by atoms with Gasteiger partial charge in [0.05, 0.1) is 0 Å². The molecule has 3 heteroatoms. The van der Waals surface area contributed by atoms with Crippen LogP contribution in [0.25, 0.3) is 10.8 Å². The van der Waals surface area contributed by atoms with Crippen molar-refractivity contribution in [2.75, 3.05) is 0 Å². The van der Waals surface area contributed by atoms with E-state index < -0.39 is 0 Å². The third-order valence-corrected chi connectivity index (χ3v) is 3.89. The quantitative estimate of drug-likeness (QED) is 0.432. The highest BCUT2D eigenvalue weighted by molar-refractivity contribution is 5.85. The molecule has 0 amide bonds. The van der Waals surface area contributed by atoms with Crippen LogP contribution in [0.5, 0.6) is 0 Å². The maximum Gasteiger partial charge on any atom is 0.0466 e. The molecule has 0 bridgehead atoms. The number of pyridine rings is 1. The van der Waals surface area contributed by atoms with Crippen LogP contribution in [0.1, 0.15) is 57.1 Å². The van der Waals surface area contributed by atoms with E-state index in [0.717, 1.165) is 6.42 Å². The number of hydrogen-bond donors (Lipinski definition) is 2. The summed E-state index contributed by atoms with van der Waals surface area (Å²) in [5.74, 6) is 5.77. The molecule has 1 atom stereocenters. The van der Waals surface area contributed by atoms with Crippen molar-refractivity contribution in [1.29, 1.82) is 0 Å². The molecule has 0 saturated carbocycles. The summed E-state index contributed by atoms with van der Waals surface area (Å²) >= 11 is 0. The molecule has 0 aliphatic rings. The average Bonchev–Trinajstić information content (AvgIpc) is 2.51. The van der Waals surface area contributed by atoms with E-state index in [1.807, 2.05) is 12.4 Å². The molecule has 0 aliphatic carbocycles. The lowest BCUT2D eigenvalue weighted by Crippen LogP contribution is -2.28. The lowest BCUT2D eigenvalue weighted by Gasteiger charge is -2.18. The van der Waals surface area contributed by atoms with Crippen molar-refractivity contribution in [3.8, 4) is 0 Å². The third-order valence-electron chi connectivity index (χ3n) is 3.89. The first-order valence-electron chi connectivity index (χ1n) is 7.65. The van der Waals surface area contributed by atoms with Crippen LogP contribution in [0.15, 0.2) is 36.7 Å². The lowest BCUT2D eigenvalue weighted by atomic mass is 9.96. The summed E-state index contributed by atoms with van der Waals surface area (Å²) in [6.45, 7) is 2.24. The number of unbranched alkanes of at least 4 members (excludes halogenated alkanes) is 4. The van der Waals surface area contributed by atoms with Crippen LogP contribution in [-0.4, -0.2) is 4.98 Å². The Balaban J connectivity index is 2.05. The van der Waals surface area contributed by atoms with E-state index in [4.69, 9.17) is 5.84 Å². The Labute approximate surface area is 121 Å². The maximum absolute atomic E-state index is 5.77. The Morgan fingerprint density at radius 3 is 2.80 bits per heavy atom. The minimum absolute atomic E-state index is 0.225. The number of hydrazine groups is 1. The van der Waals surface area contributed by atoms with Crippen molar-refractivity contribution in [2.45, 2.75) is 51.5 Å². The van der Waals surface area contributed by atoms with Gasteiger partial charge in [-0.05, 0) is 23.4 Å². The number of nitrogens with two attached hydrogens (primary N) is 1. The van der Waals surface area contributed by atoms with Crippen LogP contribution in [0, 0.1) is 0 Å². The van der Waals surface area contributed by atoms with Crippen molar-refractivity contribution >= 4 is 10.8 Å². The summed E-state index contributed by atoms with van der Waals surface area (Å²) < 4.78 is 0. The van der Waals surface area contributed by atoms with Gasteiger partial charge < -0.3 is 0 Å². The molecule has 1 aromatic carbocycles. The monoisotopic (exact) mass is 271 g/mol. The fourth-order valence-corrected chi connectivity index (χ4v) is 2.73. The fraction of sp³-hybridized carbons (Fsp3) is 0.471. The molecule has 0 spiro atoms. The largest absolute Gasteiger partial charge is 0.271 e. The Morgan fingerprint density at radius 2 is 2.00 bits per heavy atom. The number of rotatable bonds is 8. The van der Waals surface area contributed by atoms with Crippen molar-refractivity contribution in [3.63, 3.8) is 0 Å². The van der Waals surface area contributed by atoms with E-state index >= 15 is 0 Å². The minimum Gasteiger partial charge on any atom is -0.271 e. The summed E-state index contributed by atoms with van der Waals surface area (Å²) in [6, 6.07) is 8.65. The lowest BCUT2D eigenvalue weighted by molar-refractivity contribution is 0.481. The molecule has 1 unspecified atom stereocenters. The van der Waals surface area contributed by atoms with Gasteiger partial charge in [0.1, 0.15) is 0 Å². The van der Waals surface area contributed by atoms with Crippen LogP contribution >= 0.6 is 0 Å². The van der Waals surface area contributed by atoms with Crippen molar-refractivity contribution < 1.29 is 0 Å². The zero-order valence-electron chi connectivity index (χ0n) is 12.3. The Morgan fingerprint density at radius 1 is 1.15 bits per heavy atom. The number of aromatic nitrogens is 1. The molecule has 2 aromatic rings. The van der Waals surface area contributed by atoms with Crippen molar-refractivity contribution in [2.24, 2.45) is 5.84 Å². The topological polar surface area (TPSA) is 50.9 Å². The van der Waals surface area contributed by atoms with Gasteiger partial charge >= 0.3 is 0 Å². The van der Waals surface area contributed by atoms with Gasteiger partial charge in [-0.25, -0.2) is 0 Å². The van der Waals surface area contributed by atoms with Gasteiger partial charge in [-0.1, -0.05) is 57.2 Å². The second-order valence-electron chi connectivity index (χ2n) is 5.37. The Kier molecular flexibility index (Phi) is 5.96. The highest BCUT2D eigenvalue weighted by Gasteiger charge is 2.12. The van der Waals surface area contributed by atoms with Gasteiger partial charge in [-0.3, -0.25) is 16.3 Å². The highest BCUT2D eigenvalue weighted by atomic mass is 15.2. The average molecular weight is 271 g/mol. The van der Waals surface area contributed by atoms with Gasteiger partial charge in [-0.15, -0.1) is 0 Å². The number of hydrogen-bond acceptors (Lipinski definition) is 3. The fourth-order valence-electron chi connectivity index (χ4n) is 2.73. The van der Waals surface area contributed by atoms with Gasteiger partial charge in [0, 0.05) is 23.8 Å². The second kappa shape index (κ2) is 7.98. The first-order chi connectivity index (χ1) is 9.86. The molecule has 1 aromatic heterocycles. The van der Waals surface area contributed by atoms with Crippen molar-refractivity contribution in [3.05, 3.63) is 42.2 Å². The first-order valence-corrected chi connectivity index (χ1v) is 7.65. The highest BCUT2D eigenvalue weighted by Crippen LogP contribution is 2.26. The van der Waals surface area contributed by atoms with Crippen molar-refractivity contribution in [1.82, 2.24) is 10.4 Å². The SMILES string of the molecule is CCCCCCCC(NN)c1cccc2cnccc12. The van der Waals surface area contributed by atoms with E-state index in [-0.39, 0.29) is 6.04 Å². The van der Waals surface area contributed by atoms with Crippen LogP contribution in [0.2, 0.25) is 0 Å². The minimum atomic E-state index is 0.225. The zero-order chi connectivity index (χ0) is 14.2. The van der Waals surface area contributed by atoms with Gasteiger partial charge in [-0.2, -0.15) is 0 Å². The molecule has 0 radical (unpaired) electrons. The molecule has 108 valence electrons. The number of benzene rings is 1. The molecular weight excluding hydrogens is 246 g/mol. The molecule has 0 fully saturated rings. The van der Waals surface area contributed by atoms with Gasteiger partial charge in [0.15, 0.2) is 0 Å². The molecule has 20 heavy (non-hydrogen) atoms. The van der Waals surface area contributed by atoms with Crippen LogP contribution in [0.4, 0.5) is 0 Å². The van der Waals surface area contributed by atoms with Crippen LogP contribution < -0.4 is 11.3 Å². The summed E-state index contributed by atoms with van der Waals surface area (Å²) in [5.41, 5.74) is 4.26. The number of nitrogens with one attached hydrogen (secondary N) is 1. The first kappa shape index (κ1) is 14.9. The Hall–Kier alpha value is -1.45. The molecule has 3 N–H and O–H groups in total. The smallest absolute Gasteiger partial charge is 0.0466 e. The molecule has 1 heterocycles. The number of nitrogens with zero attached hydrogens (tertiary/aromatic N) is 1. The van der Waals surface area contributed by atoms with E-state index in [1.54, 1.807) is 0 Å². The molecule has 2 rings (SSSR count). The summed E-state index contributed by atoms with van der Waals surface area (Å²) in [6.07, 6.45) is 11.3. The summed E-state index contributed by atoms with van der Waals surface area (Å²) in [5, 5.41) is 2.43. The van der Waals surface area contributed by atoms with E-state index in [0.29, 0.717) is 0 Å². The zero-order valence-corrected chi connectivity index (χ0v) is 12.3. The third kappa shape index (κ3) is 3.78. The molecular formula is C17H25N3. The number of fused-ring (bicyclic) bond motifs is 1. The summed E-state index contributed by atoms with van der Waals surface area (Å²) in [4.78, 5) is 4.18. The van der Waals surface area contributed by atoms with Gasteiger partial charge in [0.2, 0.25) is 0 Å². The normalized spacial score (nSPS) is 12.7. The molecule has 0 saturated heterocycles. The predicted molar refractivity (Wildman–Crippen MR) is 85.2 cm³/mol. The standard InChI is InChI=1S/C17H25N3/c1-2-3-4-5-6-10-17(20-18)16-9-7-8-14-13-19-12-11-15(14)16/h7-9,11-13,17,20H,2-6,10,18H2,1H3. The Bertz CT molecular complexity index is 519. The molecule has 0 aliphatic heterocycles. The van der Waals surface area contributed by atoms with E-state index in [2.05, 4.69) is 41.6 Å². The predicted octanol–water partition coefficient (Wildman–Crippen LogP) is 4.10. The molecule has 3 nitrogen and oxygen atoms in total. The van der Waals surface area contributed by atoms with E-state index in [9.17, 15) is 0 Å². The van der Waals surface area contributed by atoms with Crippen LogP contribution in [0.3, 0.4) is 0 Å². The maximum atomic E-state index is 5.77. The van der Waals surface area contributed by atoms with Crippen LogP contribution in [-0.2, 0) is 0 Å².